The largest absolute Gasteiger partial charge is 0.339 e. The van der Waals surface area contributed by atoms with E-state index in [1.807, 2.05) is 17.0 Å². The summed E-state index contributed by atoms with van der Waals surface area (Å²) in [7, 11) is 0. The van der Waals surface area contributed by atoms with Crippen LogP contribution in [0.2, 0.25) is 5.02 Å². The lowest BCUT2D eigenvalue weighted by atomic mass is 9.95. The molecule has 25 heavy (non-hydrogen) atoms. The van der Waals surface area contributed by atoms with Gasteiger partial charge in [-0.3, -0.25) is 0 Å². The second kappa shape index (κ2) is 7.04. The van der Waals surface area contributed by atoms with E-state index >= 15 is 0 Å². The van der Waals surface area contributed by atoms with Crippen molar-refractivity contribution >= 4 is 23.3 Å². The summed E-state index contributed by atoms with van der Waals surface area (Å²) < 4.78 is 5.38. The number of likely N-dealkylation sites (tertiary alicyclic amines) is 1. The van der Waals surface area contributed by atoms with Crippen LogP contribution < -0.4 is 5.32 Å². The number of hydrogen-bond donors (Lipinski definition) is 1. The van der Waals surface area contributed by atoms with E-state index in [1.54, 1.807) is 12.1 Å². The molecule has 1 aliphatic carbocycles. The summed E-state index contributed by atoms with van der Waals surface area (Å²) in [4.78, 5) is 18.9. The van der Waals surface area contributed by atoms with Gasteiger partial charge in [0, 0.05) is 36.1 Å². The van der Waals surface area contributed by atoms with Crippen molar-refractivity contribution in [3.63, 3.8) is 0 Å². The van der Waals surface area contributed by atoms with Crippen LogP contribution >= 0.6 is 11.6 Å². The normalized spacial score (nSPS) is 20.5. The maximum atomic E-state index is 12.5. The molecule has 6 nitrogen and oxygen atoms in total. The molecule has 2 aliphatic rings. The first-order chi connectivity index (χ1) is 12.2. The molecule has 0 bridgehead atoms. The number of urea groups is 1. The summed E-state index contributed by atoms with van der Waals surface area (Å²) in [6.07, 6.45) is 5.12. The van der Waals surface area contributed by atoms with Gasteiger partial charge in [-0.05, 0) is 49.8 Å². The van der Waals surface area contributed by atoms with Crippen molar-refractivity contribution in [2.45, 2.75) is 38.0 Å². The summed E-state index contributed by atoms with van der Waals surface area (Å²) in [6, 6.07) is 7.11. The van der Waals surface area contributed by atoms with Crippen molar-refractivity contribution in [1.82, 2.24) is 15.0 Å². The first-order valence-electron chi connectivity index (χ1n) is 8.81. The van der Waals surface area contributed by atoms with Gasteiger partial charge in [-0.15, -0.1) is 0 Å². The third-order valence-corrected chi connectivity index (χ3v) is 5.01. The Hall–Kier alpha value is -2.08. The zero-order valence-corrected chi connectivity index (χ0v) is 14.7. The highest BCUT2D eigenvalue weighted by Crippen LogP contribution is 2.38. The van der Waals surface area contributed by atoms with Crippen LogP contribution in [-0.4, -0.2) is 34.2 Å². The molecule has 1 unspecified atom stereocenters. The number of anilines is 1. The van der Waals surface area contributed by atoms with E-state index in [9.17, 15) is 4.79 Å². The van der Waals surface area contributed by atoms with Crippen molar-refractivity contribution in [3.8, 4) is 0 Å². The third-order valence-electron chi connectivity index (χ3n) is 4.77. The van der Waals surface area contributed by atoms with Crippen molar-refractivity contribution in [2.24, 2.45) is 5.92 Å². The Morgan fingerprint density at radius 3 is 3.04 bits per heavy atom. The summed E-state index contributed by atoms with van der Waals surface area (Å²) in [5, 5.41) is 7.59. The standard InChI is InChI=1S/C18H21ClN4O2/c19-14-4-1-5-15(10-14)20-18(24)23-8-2-3-12(11-23)9-16-21-17(22-25-16)13-6-7-13/h1,4-5,10,12-13H,2-3,6-9,11H2,(H,20,24). The smallest absolute Gasteiger partial charge is 0.321 e. The summed E-state index contributed by atoms with van der Waals surface area (Å²) in [5.74, 6) is 2.40. The zero-order valence-electron chi connectivity index (χ0n) is 13.9. The number of aromatic nitrogens is 2. The number of amides is 2. The Labute approximate surface area is 151 Å². The van der Waals surface area contributed by atoms with Gasteiger partial charge in [-0.25, -0.2) is 4.79 Å². The molecule has 2 heterocycles. The quantitative estimate of drug-likeness (QED) is 0.891. The average Bonchev–Trinajstić information content (AvgIpc) is 3.35. The van der Waals surface area contributed by atoms with Crippen LogP contribution in [0.15, 0.2) is 28.8 Å². The molecule has 1 saturated carbocycles. The Kier molecular flexibility index (Phi) is 4.61. The van der Waals surface area contributed by atoms with E-state index in [2.05, 4.69) is 15.5 Å². The molecular formula is C18H21ClN4O2. The molecule has 1 N–H and O–H groups in total. The van der Waals surface area contributed by atoms with Gasteiger partial charge in [0.25, 0.3) is 0 Å². The van der Waals surface area contributed by atoms with Crippen LogP contribution in [0.5, 0.6) is 0 Å². The van der Waals surface area contributed by atoms with Crippen LogP contribution in [0.1, 0.15) is 43.3 Å². The Morgan fingerprint density at radius 1 is 1.36 bits per heavy atom. The van der Waals surface area contributed by atoms with Gasteiger partial charge >= 0.3 is 6.03 Å². The molecule has 1 aromatic carbocycles. The van der Waals surface area contributed by atoms with Crippen LogP contribution in [0.4, 0.5) is 10.5 Å². The Balaban J connectivity index is 1.34. The molecule has 1 saturated heterocycles. The topological polar surface area (TPSA) is 71.3 Å². The molecule has 2 amide bonds. The van der Waals surface area contributed by atoms with Gasteiger partial charge in [0.2, 0.25) is 5.89 Å². The monoisotopic (exact) mass is 360 g/mol. The lowest BCUT2D eigenvalue weighted by Gasteiger charge is -2.32. The molecule has 2 fully saturated rings. The molecule has 1 atom stereocenters. The fourth-order valence-electron chi connectivity index (χ4n) is 3.29. The summed E-state index contributed by atoms with van der Waals surface area (Å²) >= 11 is 5.97. The minimum absolute atomic E-state index is 0.0869. The van der Waals surface area contributed by atoms with E-state index in [0.29, 0.717) is 35.0 Å². The number of hydrogen-bond acceptors (Lipinski definition) is 4. The minimum Gasteiger partial charge on any atom is -0.339 e. The third kappa shape index (κ3) is 4.12. The van der Waals surface area contributed by atoms with Crippen LogP contribution in [0.3, 0.4) is 0 Å². The second-order valence-electron chi connectivity index (χ2n) is 6.92. The Bertz CT molecular complexity index is 759. The molecular weight excluding hydrogens is 340 g/mol. The number of piperidine rings is 1. The molecule has 0 spiro atoms. The van der Waals surface area contributed by atoms with E-state index in [-0.39, 0.29) is 6.03 Å². The summed E-state index contributed by atoms with van der Waals surface area (Å²) in [6.45, 7) is 1.47. The molecule has 1 aromatic heterocycles. The number of rotatable bonds is 4. The highest BCUT2D eigenvalue weighted by molar-refractivity contribution is 6.30. The van der Waals surface area contributed by atoms with Gasteiger partial charge in [0.1, 0.15) is 0 Å². The fourth-order valence-corrected chi connectivity index (χ4v) is 3.48. The summed E-state index contributed by atoms with van der Waals surface area (Å²) in [5.41, 5.74) is 0.714. The molecule has 4 rings (SSSR count). The van der Waals surface area contributed by atoms with Crippen LogP contribution in [0.25, 0.3) is 0 Å². The van der Waals surface area contributed by atoms with E-state index in [0.717, 1.165) is 31.6 Å². The van der Waals surface area contributed by atoms with Crippen molar-refractivity contribution < 1.29 is 9.32 Å². The first kappa shape index (κ1) is 16.4. The van der Waals surface area contributed by atoms with Gasteiger partial charge in [0.05, 0.1) is 0 Å². The van der Waals surface area contributed by atoms with E-state index in [4.69, 9.17) is 16.1 Å². The lowest BCUT2D eigenvalue weighted by molar-refractivity contribution is 0.173. The van der Waals surface area contributed by atoms with Gasteiger partial charge < -0.3 is 14.7 Å². The van der Waals surface area contributed by atoms with E-state index < -0.39 is 0 Å². The highest BCUT2D eigenvalue weighted by atomic mass is 35.5. The van der Waals surface area contributed by atoms with Crippen molar-refractivity contribution in [2.75, 3.05) is 18.4 Å². The zero-order chi connectivity index (χ0) is 17.2. The van der Waals surface area contributed by atoms with Crippen LogP contribution in [0, 0.1) is 5.92 Å². The maximum Gasteiger partial charge on any atom is 0.321 e. The number of benzene rings is 1. The number of nitrogens with zero attached hydrogens (tertiary/aromatic N) is 3. The molecule has 1 aliphatic heterocycles. The van der Waals surface area contributed by atoms with Crippen molar-refractivity contribution in [3.05, 3.63) is 41.0 Å². The molecule has 7 heteroatoms. The lowest BCUT2D eigenvalue weighted by Crippen LogP contribution is -2.42. The number of carbonyl (C=O) groups excluding carboxylic acids is 1. The number of carbonyl (C=O) groups is 1. The predicted molar refractivity (Wildman–Crippen MR) is 94.7 cm³/mol. The Morgan fingerprint density at radius 2 is 2.24 bits per heavy atom. The predicted octanol–water partition coefficient (Wildman–Crippen LogP) is 4.09. The van der Waals surface area contributed by atoms with Crippen LogP contribution in [-0.2, 0) is 6.42 Å². The van der Waals surface area contributed by atoms with Crippen molar-refractivity contribution in [1.29, 1.82) is 0 Å². The minimum atomic E-state index is -0.0869. The van der Waals surface area contributed by atoms with Gasteiger partial charge in [-0.1, -0.05) is 22.8 Å². The molecule has 132 valence electrons. The SMILES string of the molecule is O=C(Nc1cccc(Cl)c1)N1CCCC(Cc2nc(C3CC3)no2)C1. The first-order valence-corrected chi connectivity index (χ1v) is 9.19. The average molecular weight is 361 g/mol. The maximum absolute atomic E-state index is 12.5. The highest BCUT2D eigenvalue weighted by Gasteiger charge is 2.30. The molecule has 2 aromatic rings. The van der Waals surface area contributed by atoms with Gasteiger partial charge in [-0.2, -0.15) is 4.98 Å². The molecule has 0 radical (unpaired) electrons. The number of halogens is 1. The van der Waals surface area contributed by atoms with E-state index in [1.165, 1.54) is 12.8 Å². The number of nitrogens with one attached hydrogen (secondary N) is 1. The fraction of sp³-hybridized carbons (Fsp3) is 0.500. The second-order valence-corrected chi connectivity index (χ2v) is 7.36. The van der Waals surface area contributed by atoms with Gasteiger partial charge in [0.15, 0.2) is 5.82 Å².